The van der Waals surface area contributed by atoms with E-state index in [0.717, 1.165) is 6.42 Å². The van der Waals surface area contributed by atoms with Gasteiger partial charge in [0, 0.05) is 17.8 Å². The maximum atomic E-state index is 11.1. The van der Waals surface area contributed by atoms with Gasteiger partial charge in [0.25, 0.3) is 0 Å². The van der Waals surface area contributed by atoms with E-state index in [9.17, 15) is 4.79 Å². The van der Waals surface area contributed by atoms with Crippen molar-refractivity contribution in [2.75, 3.05) is 4.90 Å². The highest BCUT2D eigenvalue weighted by atomic mass is 16.4. The van der Waals surface area contributed by atoms with Crippen molar-refractivity contribution in [1.82, 2.24) is 0 Å². The van der Waals surface area contributed by atoms with Crippen molar-refractivity contribution in [3.8, 4) is 0 Å². The highest BCUT2D eigenvalue weighted by Gasteiger charge is 2.35. The summed E-state index contributed by atoms with van der Waals surface area (Å²) in [6.45, 7) is 0. The summed E-state index contributed by atoms with van der Waals surface area (Å²) in [7, 11) is 0. The molecule has 0 radical (unpaired) electrons. The number of benzene rings is 1. The van der Waals surface area contributed by atoms with E-state index in [1.807, 2.05) is 0 Å². The summed E-state index contributed by atoms with van der Waals surface area (Å²) in [6.07, 6.45) is 7.46. The lowest BCUT2D eigenvalue weighted by Gasteiger charge is -2.37. The molecule has 1 N–H and O–H groups in total. The Hall–Kier alpha value is -1.51. The molecular formula is C16H21NO2. The molecule has 0 bridgehead atoms. The predicted octanol–water partition coefficient (Wildman–Crippen LogP) is 3.23. The lowest BCUT2D eigenvalue weighted by atomic mass is 9.93. The normalized spacial score (nSPS) is 23.4. The lowest BCUT2D eigenvalue weighted by Crippen LogP contribution is -2.43. The third-order valence-electron chi connectivity index (χ3n) is 4.50. The van der Waals surface area contributed by atoms with Gasteiger partial charge in [-0.2, -0.15) is 0 Å². The topological polar surface area (TPSA) is 40.5 Å². The number of hydrogen-bond acceptors (Lipinski definition) is 2. The van der Waals surface area contributed by atoms with Crippen LogP contribution >= 0.6 is 0 Å². The fourth-order valence-corrected chi connectivity index (χ4v) is 3.71. The summed E-state index contributed by atoms with van der Waals surface area (Å²) >= 11 is 0. The number of carboxylic acid groups (broad SMARTS) is 1. The van der Waals surface area contributed by atoms with Crippen LogP contribution in [0.25, 0.3) is 0 Å². The monoisotopic (exact) mass is 259 g/mol. The zero-order valence-corrected chi connectivity index (χ0v) is 11.2. The number of nitrogens with zero attached hydrogens (tertiary/aromatic N) is 1. The molecule has 3 heteroatoms. The van der Waals surface area contributed by atoms with Crippen LogP contribution in [0.2, 0.25) is 0 Å². The Balaban J connectivity index is 1.88. The Morgan fingerprint density at radius 1 is 1.21 bits per heavy atom. The van der Waals surface area contributed by atoms with Crippen molar-refractivity contribution in [2.24, 2.45) is 0 Å². The summed E-state index contributed by atoms with van der Waals surface area (Å²) in [5.74, 6) is -0.682. The van der Waals surface area contributed by atoms with Gasteiger partial charge in [-0.1, -0.05) is 37.5 Å². The highest BCUT2D eigenvalue weighted by Crippen LogP contribution is 2.38. The molecule has 1 aromatic carbocycles. The molecule has 0 aromatic heterocycles. The van der Waals surface area contributed by atoms with Crippen LogP contribution in [0.3, 0.4) is 0 Å². The van der Waals surface area contributed by atoms with Crippen LogP contribution in [0, 0.1) is 0 Å². The molecule has 3 rings (SSSR count). The largest absolute Gasteiger partial charge is 0.481 e. The van der Waals surface area contributed by atoms with Crippen LogP contribution in [-0.2, 0) is 11.2 Å². The number of anilines is 1. The number of para-hydroxylation sites is 1. The molecule has 1 aliphatic heterocycles. The molecule has 3 nitrogen and oxygen atoms in total. The molecular weight excluding hydrogens is 238 g/mol. The first-order chi connectivity index (χ1) is 9.25. The van der Waals surface area contributed by atoms with Crippen molar-refractivity contribution >= 4 is 11.7 Å². The molecule has 1 aliphatic carbocycles. The quantitative estimate of drug-likeness (QED) is 0.906. The van der Waals surface area contributed by atoms with Gasteiger partial charge < -0.3 is 10.0 Å². The second-order valence-corrected chi connectivity index (χ2v) is 5.78. The maximum absolute atomic E-state index is 11.1. The minimum atomic E-state index is -0.682. The van der Waals surface area contributed by atoms with Crippen molar-refractivity contribution in [3.63, 3.8) is 0 Å². The molecule has 1 saturated carbocycles. The number of carboxylic acids is 1. The molecule has 2 aliphatic rings. The molecule has 0 amide bonds. The van der Waals surface area contributed by atoms with E-state index in [1.54, 1.807) is 0 Å². The SMILES string of the molecule is O=C(O)CC1Cc2ccccc2N1C1CCCCC1. The summed E-state index contributed by atoms with van der Waals surface area (Å²) in [5, 5.41) is 9.14. The van der Waals surface area contributed by atoms with Crippen molar-refractivity contribution < 1.29 is 9.90 Å². The molecule has 1 fully saturated rings. The molecule has 19 heavy (non-hydrogen) atoms. The number of fused-ring (bicyclic) bond motifs is 1. The van der Waals surface area contributed by atoms with Gasteiger partial charge in [-0.3, -0.25) is 4.79 Å². The average Bonchev–Trinajstić information content (AvgIpc) is 2.76. The Kier molecular flexibility index (Phi) is 3.45. The van der Waals surface area contributed by atoms with Gasteiger partial charge in [-0.25, -0.2) is 0 Å². The summed E-state index contributed by atoms with van der Waals surface area (Å²) in [6, 6.07) is 9.12. The first-order valence-corrected chi connectivity index (χ1v) is 7.34. The van der Waals surface area contributed by atoms with Gasteiger partial charge in [0.15, 0.2) is 0 Å². The summed E-state index contributed by atoms with van der Waals surface area (Å²) < 4.78 is 0. The molecule has 0 spiro atoms. The molecule has 0 saturated heterocycles. The minimum Gasteiger partial charge on any atom is -0.481 e. The van der Waals surface area contributed by atoms with E-state index >= 15 is 0 Å². The zero-order chi connectivity index (χ0) is 13.2. The Morgan fingerprint density at radius 2 is 1.95 bits per heavy atom. The average molecular weight is 259 g/mol. The standard InChI is InChI=1S/C16H21NO2/c18-16(19)11-14-10-12-6-4-5-9-15(12)17(14)13-7-2-1-3-8-13/h4-6,9,13-14H,1-3,7-8,10-11H2,(H,18,19). The van der Waals surface area contributed by atoms with E-state index in [4.69, 9.17) is 5.11 Å². The first kappa shape index (κ1) is 12.5. The zero-order valence-electron chi connectivity index (χ0n) is 11.2. The van der Waals surface area contributed by atoms with Gasteiger partial charge in [-0.05, 0) is 30.9 Å². The highest BCUT2D eigenvalue weighted by molar-refractivity contribution is 5.71. The Bertz CT molecular complexity index is 466. The Labute approximate surface area is 114 Å². The van der Waals surface area contributed by atoms with E-state index in [-0.39, 0.29) is 12.5 Å². The van der Waals surface area contributed by atoms with Crippen molar-refractivity contribution in [2.45, 2.75) is 57.0 Å². The van der Waals surface area contributed by atoms with Crippen LogP contribution in [0.4, 0.5) is 5.69 Å². The van der Waals surface area contributed by atoms with E-state index in [0.29, 0.717) is 6.04 Å². The van der Waals surface area contributed by atoms with Crippen molar-refractivity contribution in [1.29, 1.82) is 0 Å². The lowest BCUT2D eigenvalue weighted by molar-refractivity contribution is -0.137. The van der Waals surface area contributed by atoms with Crippen LogP contribution in [0.5, 0.6) is 0 Å². The Morgan fingerprint density at radius 3 is 2.68 bits per heavy atom. The van der Waals surface area contributed by atoms with E-state index < -0.39 is 5.97 Å². The van der Waals surface area contributed by atoms with Crippen LogP contribution in [0.1, 0.15) is 44.1 Å². The fourth-order valence-electron chi connectivity index (χ4n) is 3.71. The van der Waals surface area contributed by atoms with Crippen LogP contribution in [-0.4, -0.2) is 23.2 Å². The smallest absolute Gasteiger partial charge is 0.305 e. The molecule has 1 aromatic rings. The minimum absolute atomic E-state index is 0.151. The van der Waals surface area contributed by atoms with Gasteiger partial charge in [-0.15, -0.1) is 0 Å². The second-order valence-electron chi connectivity index (χ2n) is 5.78. The summed E-state index contributed by atoms with van der Waals surface area (Å²) in [4.78, 5) is 13.5. The number of hydrogen-bond donors (Lipinski definition) is 1. The molecule has 1 atom stereocenters. The number of rotatable bonds is 3. The summed E-state index contributed by atoms with van der Waals surface area (Å²) in [5.41, 5.74) is 2.60. The number of aliphatic carboxylic acids is 1. The first-order valence-electron chi connectivity index (χ1n) is 7.34. The van der Waals surface area contributed by atoms with Gasteiger partial charge in [0.2, 0.25) is 0 Å². The third kappa shape index (κ3) is 2.46. The fraction of sp³-hybridized carbons (Fsp3) is 0.562. The van der Waals surface area contributed by atoms with Gasteiger partial charge in [0.1, 0.15) is 0 Å². The van der Waals surface area contributed by atoms with Gasteiger partial charge in [0.05, 0.1) is 6.42 Å². The van der Waals surface area contributed by atoms with Crippen LogP contribution in [0.15, 0.2) is 24.3 Å². The van der Waals surface area contributed by atoms with Crippen molar-refractivity contribution in [3.05, 3.63) is 29.8 Å². The molecule has 1 unspecified atom stereocenters. The number of carbonyl (C=O) groups is 1. The predicted molar refractivity (Wildman–Crippen MR) is 75.5 cm³/mol. The maximum Gasteiger partial charge on any atom is 0.305 e. The molecule has 1 heterocycles. The molecule has 102 valence electrons. The van der Waals surface area contributed by atoms with Crippen LogP contribution < -0.4 is 4.90 Å². The third-order valence-corrected chi connectivity index (χ3v) is 4.50. The second kappa shape index (κ2) is 5.24. The van der Waals surface area contributed by atoms with E-state index in [2.05, 4.69) is 29.2 Å². The van der Waals surface area contributed by atoms with E-state index in [1.165, 1.54) is 43.4 Å². The van der Waals surface area contributed by atoms with Gasteiger partial charge >= 0.3 is 5.97 Å².